The lowest BCUT2D eigenvalue weighted by atomic mass is 10.1. The van der Waals surface area contributed by atoms with Crippen LogP contribution in [-0.4, -0.2) is 19.0 Å². The van der Waals surface area contributed by atoms with Crippen LogP contribution in [0, 0.1) is 5.82 Å². The number of benzene rings is 1. The number of rotatable bonds is 4. The highest BCUT2D eigenvalue weighted by atomic mass is 35.5. The zero-order chi connectivity index (χ0) is 15.5. The smallest absolute Gasteiger partial charge is 0.191 e. The molecule has 1 aromatic carbocycles. The SMILES string of the molecule is CN=C(NCc1ccoc1)NC1CC1c1c(F)cccc1Cl. The third-order valence-corrected chi connectivity index (χ3v) is 4.08. The Bertz CT molecular complexity index is 652. The van der Waals surface area contributed by atoms with E-state index < -0.39 is 0 Å². The Morgan fingerprint density at radius 2 is 2.32 bits per heavy atom. The average Bonchev–Trinajstić information content (AvgIpc) is 3.04. The molecule has 0 bridgehead atoms. The second kappa shape index (κ2) is 6.40. The van der Waals surface area contributed by atoms with Gasteiger partial charge in [0.15, 0.2) is 5.96 Å². The van der Waals surface area contributed by atoms with Gasteiger partial charge in [-0.2, -0.15) is 0 Å². The number of aliphatic imine (C=N–C) groups is 1. The largest absolute Gasteiger partial charge is 0.472 e. The first-order valence-electron chi connectivity index (χ1n) is 7.11. The maximum Gasteiger partial charge on any atom is 0.191 e. The molecule has 2 aromatic rings. The van der Waals surface area contributed by atoms with Crippen LogP contribution in [0.15, 0.2) is 46.2 Å². The maximum absolute atomic E-state index is 13.9. The van der Waals surface area contributed by atoms with Gasteiger partial charge in [-0.25, -0.2) is 4.39 Å². The molecular weight excluding hydrogens is 305 g/mol. The summed E-state index contributed by atoms with van der Waals surface area (Å²) in [6.45, 7) is 0.619. The van der Waals surface area contributed by atoms with Crippen molar-refractivity contribution in [3.05, 3.63) is 58.8 Å². The molecule has 2 unspecified atom stereocenters. The second-order valence-corrected chi connectivity index (χ2v) is 5.69. The summed E-state index contributed by atoms with van der Waals surface area (Å²) in [6, 6.07) is 6.82. The van der Waals surface area contributed by atoms with E-state index in [1.807, 2.05) is 6.07 Å². The summed E-state index contributed by atoms with van der Waals surface area (Å²) in [5, 5.41) is 6.97. The monoisotopic (exact) mass is 321 g/mol. The summed E-state index contributed by atoms with van der Waals surface area (Å²) in [4.78, 5) is 4.18. The molecule has 1 aliphatic rings. The quantitative estimate of drug-likeness (QED) is 0.671. The third-order valence-electron chi connectivity index (χ3n) is 3.75. The number of hydrogen-bond acceptors (Lipinski definition) is 2. The van der Waals surface area contributed by atoms with E-state index in [4.69, 9.17) is 16.0 Å². The summed E-state index contributed by atoms with van der Waals surface area (Å²) >= 11 is 6.10. The summed E-state index contributed by atoms with van der Waals surface area (Å²) in [7, 11) is 1.71. The standard InChI is InChI=1S/C16H17ClFN3O/c1-19-16(20-8-10-5-6-22-9-10)21-14-7-11(14)15-12(17)3-2-4-13(15)18/h2-6,9,11,14H,7-8H2,1H3,(H2,19,20,21). The molecule has 6 heteroatoms. The lowest BCUT2D eigenvalue weighted by Gasteiger charge is -2.11. The summed E-state index contributed by atoms with van der Waals surface area (Å²) in [5.74, 6) is 0.519. The normalized spacial score (nSPS) is 20.8. The van der Waals surface area contributed by atoms with E-state index in [2.05, 4.69) is 15.6 Å². The van der Waals surface area contributed by atoms with Crippen LogP contribution in [-0.2, 0) is 6.54 Å². The van der Waals surface area contributed by atoms with Crippen molar-refractivity contribution in [3.63, 3.8) is 0 Å². The number of guanidine groups is 1. The molecule has 0 amide bonds. The molecule has 0 saturated heterocycles. The highest BCUT2D eigenvalue weighted by Crippen LogP contribution is 2.44. The van der Waals surface area contributed by atoms with Crippen molar-refractivity contribution >= 4 is 17.6 Å². The van der Waals surface area contributed by atoms with Crippen LogP contribution in [0.1, 0.15) is 23.5 Å². The van der Waals surface area contributed by atoms with Crippen LogP contribution < -0.4 is 10.6 Å². The van der Waals surface area contributed by atoms with E-state index in [0.717, 1.165) is 12.0 Å². The molecule has 0 spiro atoms. The van der Waals surface area contributed by atoms with E-state index in [1.54, 1.807) is 31.7 Å². The molecule has 2 atom stereocenters. The minimum absolute atomic E-state index is 0.0844. The molecule has 1 saturated carbocycles. The van der Waals surface area contributed by atoms with Crippen molar-refractivity contribution in [2.45, 2.75) is 24.9 Å². The lowest BCUT2D eigenvalue weighted by Crippen LogP contribution is -2.38. The highest BCUT2D eigenvalue weighted by molar-refractivity contribution is 6.31. The average molecular weight is 322 g/mol. The van der Waals surface area contributed by atoms with Crippen LogP contribution in [0.25, 0.3) is 0 Å². The molecule has 22 heavy (non-hydrogen) atoms. The predicted molar refractivity (Wildman–Crippen MR) is 84.6 cm³/mol. The molecule has 1 fully saturated rings. The van der Waals surface area contributed by atoms with Gasteiger partial charge in [-0.3, -0.25) is 4.99 Å². The highest BCUT2D eigenvalue weighted by Gasteiger charge is 2.41. The zero-order valence-corrected chi connectivity index (χ0v) is 12.9. The molecular formula is C16H17ClFN3O. The lowest BCUT2D eigenvalue weighted by molar-refractivity contribution is 0.563. The van der Waals surface area contributed by atoms with Crippen molar-refractivity contribution in [2.75, 3.05) is 7.05 Å². The number of nitrogens with one attached hydrogen (secondary N) is 2. The first kappa shape index (κ1) is 14.9. The van der Waals surface area contributed by atoms with Crippen molar-refractivity contribution in [1.82, 2.24) is 10.6 Å². The van der Waals surface area contributed by atoms with Gasteiger partial charge in [0.25, 0.3) is 0 Å². The van der Waals surface area contributed by atoms with Crippen LogP contribution in [0.4, 0.5) is 4.39 Å². The molecule has 1 heterocycles. The number of hydrogen-bond donors (Lipinski definition) is 2. The van der Waals surface area contributed by atoms with Crippen molar-refractivity contribution in [3.8, 4) is 0 Å². The zero-order valence-electron chi connectivity index (χ0n) is 12.1. The van der Waals surface area contributed by atoms with Gasteiger partial charge in [0.2, 0.25) is 0 Å². The van der Waals surface area contributed by atoms with Crippen LogP contribution in [0.5, 0.6) is 0 Å². The Labute approximate surface area is 133 Å². The molecule has 0 radical (unpaired) electrons. The molecule has 3 rings (SSSR count). The summed E-state index contributed by atoms with van der Waals surface area (Å²) in [6.07, 6.45) is 4.15. The van der Waals surface area contributed by atoms with Gasteiger partial charge in [-0.05, 0) is 24.6 Å². The first-order valence-corrected chi connectivity index (χ1v) is 7.49. The predicted octanol–water partition coefficient (Wildman–Crippen LogP) is 3.29. The van der Waals surface area contributed by atoms with Gasteiger partial charge in [0, 0.05) is 41.7 Å². The second-order valence-electron chi connectivity index (χ2n) is 5.29. The fourth-order valence-electron chi connectivity index (χ4n) is 2.49. The van der Waals surface area contributed by atoms with E-state index in [-0.39, 0.29) is 17.8 Å². The van der Waals surface area contributed by atoms with E-state index in [0.29, 0.717) is 23.1 Å². The van der Waals surface area contributed by atoms with E-state index >= 15 is 0 Å². The fourth-order valence-corrected chi connectivity index (χ4v) is 2.79. The van der Waals surface area contributed by atoms with Crippen molar-refractivity contribution < 1.29 is 8.81 Å². The van der Waals surface area contributed by atoms with E-state index in [1.165, 1.54) is 6.07 Å². The van der Waals surface area contributed by atoms with Crippen LogP contribution in [0.3, 0.4) is 0 Å². The molecule has 1 aliphatic carbocycles. The minimum Gasteiger partial charge on any atom is -0.472 e. The van der Waals surface area contributed by atoms with Gasteiger partial charge in [0.1, 0.15) is 5.82 Å². The van der Waals surface area contributed by atoms with Gasteiger partial charge in [0.05, 0.1) is 12.5 Å². The number of furan rings is 1. The topological polar surface area (TPSA) is 49.6 Å². The number of nitrogens with zero attached hydrogens (tertiary/aromatic N) is 1. The Morgan fingerprint density at radius 3 is 3.00 bits per heavy atom. The molecule has 2 N–H and O–H groups in total. The Hall–Kier alpha value is -2.01. The molecule has 4 nitrogen and oxygen atoms in total. The first-order chi connectivity index (χ1) is 10.7. The number of halogens is 2. The maximum atomic E-state index is 13.9. The van der Waals surface area contributed by atoms with Gasteiger partial charge >= 0.3 is 0 Å². The van der Waals surface area contributed by atoms with Gasteiger partial charge in [-0.1, -0.05) is 17.7 Å². The summed E-state index contributed by atoms with van der Waals surface area (Å²) < 4.78 is 18.9. The molecule has 116 valence electrons. The van der Waals surface area contributed by atoms with Crippen molar-refractivity contribution in [1.29, 1.82) is 0 Å². The molecule has 0 aliphatic heterocycles. The minimum atomic E-state index is -0.247. The fraction of sp³-hybridized carbons (Fsp3) is 0.312. The molecule has 1 aromatic heterocycles. The Morgan fingerprint density at radius 1 is 1.45 bits per heavy atom. The van der Waals surface area contributed by atoms with Gasteiger partial charge in [-0.15, -0.1) is 0 Å². The van der Waals surface area contributed by atoms with Crippen molar-refractivity contribution in [2.24, 2.45) is 4.99 Å². The third kappa shape index (κ3) is 3.25. The summed E-state index contributed by atoms with van der Waals surface area (Å²) in [5.41, 5.74) is 1.62. The van der Waals surface area contributed by atoms with Gasteiger partial charge < -0.3 is 15.1 Å². The Kier molecular flexibility index (Phi) is 4.34. The van der Waals surface area contributed by atoms with Crippen LogP contribution >= 0.6 is 11.6 Å². The van der Waals surface area contributed by atoms with E-state index in [9.17, 15) is 4.39 Å². The Balaban J connectivity index is 1.58. The van der Waals surface area contributed by atoms with Crippen LogP contribution in [0.2, 0.25) is 5.02 Å².